The molecule has 186 valence electrons. The number of hydrogen-bond acceptors (Lipinski definition) is 5. The van der Waals surface area contributed by atoms with Gasteiger partial charge in [-0.25, -0.2) is 4.39 Å². The Morgan fingerprint density at radius 2 is 1.76 bits per heavy atom. The monoisotopic (exact) mass is 577 g/mol. The minimum absolute atomic E-state index is 0.201. The number of carbonyl (C=O) groups is 2. The fraction of sp³-hybridized carbons (Fsp3) is 0.103. The lowest BCUT2D eigenvalue weighted by Crippen LogP contribution is -2.27. The van der Waals surface area contributed by atoms with Crippen LogP contribution in [-0.4, -0.2) is 23.2 Å². The van der Waals surface area contributed by atoms with Gasteiger partial charge in [-0.2, -0.15) is 0 Å². The Bertz CT molecular complexity index is 1530. The van der Waals surface area contributed by atoms with Crippen molar-refractivity contribution in [3.63, 3.8) is 0 Å². The van der Waals surface area contributed by atoms with Gasteiger partial charge in [0.1, 0.15) is 12.4 Å². The normalized spacial score (nSPS) is 14.6. The second kappa shape index (κ2) is 10.8. The minimum atomic E-state index is -0.338. The molecule has 4 aromatic rings. The van der Waals surface area contributed by atoms with Crippen molar-refractivity contribution in [2.45, 2.75) is 13.2 Å². The van der Waals surface area contributed by atoms with Crippen LogP contribution in [0.1, 0.15) is 16.7 Å². The summed E-state index contributed by atoms with van der Waals surface area (Å²) in [6.45, 7) is 0.425. The highest BCUT2D eigenvalue weighted by Crippen LogP contribution is 2.40. The van der Waals surface area contributed by atoms with E-state index in [2.05, 4.69) is 15.9 Å². The molecule has 37 heavy (non-hydrogen) atoms. The number of fused-ring (bicyclic) bond motifs is 1. The zero-order chi connectivity index (χ0) is 25.9. The first-order chi connectivity index (χ1) is 17.9. The van der Waals surface area contributed by atoms with E-state index in [1.807, 2.05) is 42.5 Å². The van der Waals surface area contributed by atoms with Crippen LogP contribution < -0.4 is 9.47 Å². The van der Waals surface area contributed by atoms with Crippen molar-refractivity contribution in [2.75, 3.05) is 7.11 Å². The summed E-state index contributed by atoms with van der Waals surface area (Å²) in [4.78, 5) is 27.5. The first-order valence-electron chi connectivity index (χ1n) is 11.4. The van der Waals surface area contributed by atoms with Gasteiger partial charge in [0.05, 0.1) is 23.0 Å². The molecule has 4 aromatic carbocycles. The molecule has 2 amide bonds. The van der Waals surface area contributed by atoms with E-state index in [1.54, 1.807) is 30.3 Å². The number of benzene rings is 4. The molecule has 0 unspecified atom stereocenters. The van der Waals surface area contributed by atoms with Crippen LogP contribution in [-0.2, 0) is 17.9 Å². The topological polar surface area (TPSA) is 55.8 Å². The van der Waals surface area contributed by atoms with E-state index in [4.69, 9.17) is 9.47 Å². The van der Waals surface area contributed by atoms with Gasteiger partial charge in [-0.3, -0.25) is 14.5 Å². The highest BCUT2D eigenvalue weighted by atomic mass is 79.9. The van der Waals surface area contributed by atoms with E-state index in [0.717, 1.165) is 33.7 Å². The molecule has 0 saturated carbocycles. The Hall–Kier alpha value is -3.62. The molecule has 0 spiro atoms. The van der Waals surface area contributed by atoms with E-state index in [0.29, 0.717) is 26.4 Å². The lowest BCUT2D eigenvalue weighted by atomic mass is 10.0. The lowest BCUT2D eigenvalue weighted by molar-refractivity contribution is -0.123. The number of carbonyl (C=O) groups excluding carboxylic acids is 2. The quantitative estimate of drug-likeness (QED) is 0.212. The third-order valence-electron chi connectivity index (χ3n) is 5.93. The number of hydrogen-bond donors (Lipinski definition) is 0. The van der Waals surface area contributed by atoms with Gasteiger partial charge in [0.15, 0.2) is 11.5 Å². The van der Waals surface area contributed by atoms with Crippen molar-refractivity contribution in [3.8, 4) is 11.5 Å². The summed E-state index contributed by atoms with van der Waals surface area (Å²) in [6, 6.07) is 23.3. The number of thioether (sulfide) groups is 1. The van der Waals surface area contributed by atoms with Gasteiger partial charge in [0.25, 0.3) is 11.1 Å². The summed E-state index contributed by atoms with van der Waals surface area (Å²) in [5.74, 6) is 0.286. The largest absolute Gasteiger partial charge is 0.493 e. The fourth-order valence-electron chi connectivity index (χ4n) is 4.09. The summed E-state index contributed by atoms with van der Waals surface area (Å²) >= 11 is 4.43. The van der Waals surface area contributed by atoms with E-state index >= 15 is 0 Å². The molecule has 5 rings (SSSR count). The smallest absolute Gasteiger partial charge is 0.293 e. The zero-order valence-electron chi connectivity index (χ0n) is 19.7. The second-order valence-electron chi connectivity index (χ2n) is 8.36. The van der Waals surface area contributed by atoms with Crippen LogP contribution in [0.4, 0.5) is 9.18 Å². The lowest BCUT2D eigenvalue weighted by Gasteiger charge is -2.15. The minimum Gasteiger partial charge on any atom is -0.493 e. The predicted molar refractivity (Wildman–Crippen MR) is 147 cm³/mol. The fourth-order valence-corrected chi connectivity index (χ4v) is 5.50. The van der Waals surface area contributed by atoms with Crippen molar-refractivity contribution >= 4 is 55.7 Å². The van der Waals surface area contributed by atoms with E-state index in [1.165, 1.54) is 24.1 Å². The highest BCUT2D eigenvalue weighted by Gasteiger charge is 2.35. The molecule has 0 bridgehead atoms. The first-order valence-corrected chi connectivity index (χ1v) is 13.0. The number of amides is 2. The van der Waals surface area contributed by atoms with Crippen molar-refractivity contribution in [2.24, 2.45) is 0 Å². The standard InChI is InChI=1S/C29H21BrFNO4S/c1-35-25-14-19(13-24(30)27(25)36-17-18-9-11-22(31)12-10-18)15-26-28(33)32(29(34)37-26)16-21-7-4-6-20-5-2-3-8-23(20)21/h2-15H,16-17H2,1H3/b26-15-. The zero-order valence-corrected chi connectivity index (χ0v) is 22.1. The molecule has 1 heterocycles. The molecule has 5 nitrogen and oxygen atoms in total. The molecule has 0 radical (unpaired) electrons. The Morgan fingerprint density at radius 1 is 1.00 bits per heavy atom. The maximum absolute atomic E-state index is 13.2. The number of halogens is 2. The summed E-state index contributed by atoms with van der Waals surface area (Å²) in [7, 11) is 1.52. The van der Waals surface area contributed by atoms with Crippen LogP contribution in [0.3, 0.4) is 0 Å². The molecular formula is C29H21BrFNO4S. The van der Waals surface area contributed by atoms with Gasteiger partial charge >= 0.3 is 0 Å². The van der Waals surface area contributed by atoms with Crippen LogP contribution in [0.2, 0.25) is 0 Å². The number of imide groups is 1. The second-order valence-corrected chi connectivity index (χ2v) is 10.2. The maximum Gasteiger partial charge on any atom is 0.293 e. The van der Waals surface area contributed by atoms with Crippen molar-refractivity contribution in [3.05, 3.63) is 111 Å². The van der Waals surface area contributed by atoms with Crippen molar-refractivity contribution in [1.29, 1.82) is 0 Å². The Morgan fingerprint density at radius 3 is 2.54 bits per heavy atom. The third kappa shape index (κ3) is 5.40. The average molecular weight is 578 g/mol. The molecule has 8 heteroatoms. The predicted octanol–water partition coefficient (Wildman–Crippen LogP) is 7.57. The average Bonchev–Trinajstić information content (AvgIpc) is 3.16. The molecule has 1 aliphatic heterocycles. The van der Waals surface area contributed by atoms with Gasteiger partial charge in [-0.15, -0.1) is 0 Å². The molecule has 0 aromatic heterocycles. The van der Waals surface area contributed by atoms with Crippen LogP contribution >= 0.6 is 27.7 Å². The highest BCUT2D eigenvalue weighted by molar-refractivity contribution is 9.10. The Kier molecular flexibility index (Phi) is 7.30. The van der Waals surface area contributed by atoms with Gasteiger partial charge in [-0.1, -0.05) is 54.6 Å². The summed E-state index contributed by atoms with van der Waals surface area (Å²) in [5.41, 5.74) is 2.39. The summed E-state index contributed by atoms with van der Waals surface area (Å²) in [5, 5.41) is 1.76. The summed E-state index contributed by atoms with van der Waals surface area (Å²) < 4.78 is 25.2. The molecule has 1 saturated heterocycles. The van der Waals surface area contributed by atoms with Crippen LogP contribution in [0, 0.1) is 5.82 Å². The first kappa shape index (κ1) is 25.0. The van der Waals surface area contributed by atoms with Crippen LogP contribution in [0.25, 0.3) is 16.8 Å². The van der Waals surface area contributed by atoms with E-state index in [9.17, 15) is 14.0 Å². The van der Waals surface area contributed by atoms with Gasteiger partial charge in [0.2, 0.25) is 0 Å². The SMILES string of the molecule is COc1cc(/C=C2\SC(=O)N(Cc3cccc4ccccc34)C2=O)cc(Br)c1OCc1ccc(F)cc1. The molecule has 0 N–H and O–H groups in total. The van der Waals surface area contributed by atoms with Gasteiger partial charge in [0, 0.05) is 0 Å². The Balaban J connectivity index is 1.36. The molecular weight excluding hydrogens is 557 g/mol. The molecule has 1 fully saturated rings. The van der Waals surface area contributed by atoms with Crippen molar-refractivity contribution in [1.82, 2.24) is 4.90 Å². The van der Waals surface area contributed by atoms with Crippen LogP contribution in [0.5, 0.6) is 11.5 Å². The Labute approximate surface area is 226 Å². The van der Waals surface area contributed by atoms with E-state index < -0.39 is 0 Å². The number of methoxy groups -OCH3 is 1. The van der Waals surface area contributed by atoms with Gasteiger partial charge < -0.3 is 9.47 Å². The third-order valence-corrected chi connectivity index (χ3v) is 7.42. The van der Waals surface area contributed by atoms with Crippen LogP contribution in [0.15, 0.2) is 88.2 Å². The van der Waals surface area contributed by atoms with E-state index in [-0.39, 0.29) is 30.1 Å². The molecule has 0 atom stereocenters. The molecule has 1 aliphatic rings. The van der Waals surface area contributed by atoms with Gasteiger partial charge in [-0.05, 0) is 85.5 Å². The molecule has 0 aliphatic carbocycles. The summed E-state index contributed by atoms with van der Waals surface area (Å²) in [6.07, 6.45) is 1.67. The van der Waals surface area contributed by atoms with Crippen molar-refractivity contribution < 1.29 is 23.5 Å². The number of rotatable bonds is 7. The number of nitrogens with zero attached hydrogens (tertiary/aromatic N) is 1. The maximum atomic E-state index is 13.2. The number of ether oxygens (including phenoxy) is 2.